The summed E-state index contributed by atoms with van der Waals surface area (Å²) in [6.45, 7) is 4.25. The van der Waals surface area contributed by atoms with Gasteiger partial charge in [-0.1, -0.05) is 0 Å². The van der Waals surface area contributed by atoms with Crippen LogP contribution in [0.1, 0.15) is 31.4 Å². The van der Waals surface area contributed by atoms with Gasteiger partial charge in [0, 0.05) is 24.2 Å². The van der Waals surface area contributed by atoms with Gasteiger partial charge in [-0.15, -0.1) is 0 Å². The molecule has 0 aliphatic carbocycles. The van der Waals surface area contributed by atoms with Crippen molar-refractivity contribution < 1.29 is 9.84 Å². The summed E-state index contributed by atoms with van der Waals surface area (Å²) in [5, 5.41) is 13.4. The van der Waals surface area contributed by atoms with E-state index in [1.165, 1.54) is 12.8 Å². The van der Waals surface area contributed by atoms with Crippen molar-refractivity contribution in [2.75, 3.05) is 27.2 Å². The quantitative estimate of drug-likeness (QED) is 0.874. The maximum Gasteiger partial charge on any atom is 0.120 e. The number of ether oxygens (including phenoxy) is 1. The number of methoxy groups -OCH3 is 1. The van der Waals surface area contributed by atoms with Gasteiger partial charge in [-0.05, 0) is 51.6 Å². The highest BCUT2D eigenvalue weighted by atomic mass is 16.5. The lowest BCUT2D eigenvalue weighted by atomic mass is 9.99. The number of piperidine rings is 1. The molecule has 2 N–H and O–H groups in total. The van der Waals surface area contributed by atoms with Gasteiger partial charge in [-0.2, -0.15) is 0 Å². The first-order valence-electron chi connectivity index (χ1n) is 6.94. The van der Waals surface area contributed by atoms with Gasteiger partial charge in [0.15, 0.2) is 0 Å². The van der Waals surface area contributed by atoms with Crippen molar-refractivity contribution in [2.45, 2.75) is 31.8 Å². The van der Waals surface area contributed by atoms with Crippen LogP contribution in [0, 0.1) is 0 Å². The summed E-state index contributed by atoms with van der Waals surface area (Å²) in [5.74, 6) is 1.14. The summed E-state index contributed by atoms with van der Waals surface area (Å²) in [6, 6.07) is 6.18. The minimum Gasteiger partial charge on any atom is -0.508 e. The molecule has 0 saturated carbocycles. The average molecular weight is 264 g/mol. The fourth-order valence-electron chi connectivity index (χ4n) is 2.78. The Labute approximate surface area is 115 Å². The van der Waals surface area contributed by atoms with Crippen LogP contribution in [0.15, 0.2) is 18.2 Å². The van der Waals surface area contributed by atoms with Crippen LogP contribution in [0.2, 0.25) is 0 Å². The van der Waals surface area contributed by atoms with E-state index in [1.807, 2.05) is 13.1 Å². The smallest absolute Gasteiger partial charge is 0.120 e. The summed E-state index contributed by atoms with van der Waals surface area (Å²) in [4.78, 5) is 2.42. The minimum atomic E-state index is 0.200. The van der Waals surface area contributed by atoms with Crippen molar-refractivity contribution in [2.24, 2.45) is 0 Å². The fraction of sp³-hybridized carbons (Fsp3) is 0.600. The largest absolute Gasteiger partial charge is 0.508 e. The second-order valence-electron chi connectivity index (χ2n) is 5.22. The number of phenols is 1. The van der Waals surface area contributed by atoms with E-state index in [0.717, 1.165) is 24.4 Å². The van der Waals surface area contributed by atoms with Crippen molar-refractivity contribution in [3.63, 3.8) is 0 Å². The standard InChI is InChI=1S/C15H24N2O2/c1-11(17-8-4-5-12(10-17)16-2)14-9-13(19-3)6-7-15(14)18/h6-7,9,11-12,16,18H,4-5,8,10H2,1-3H3. The number of benzene rings is 1. The normalized spacial score (nSPS) is 22.2. The van der Waals surface area contributed by atoms with Crippen LogP contribution in [0.3, 0.4) is 0 Å². The zero-order chi connectivity index (χ0) is 13.8. The molecule has 0 aromatic heterocycles. The van der Waals surface area contributed by atoms with Crippen LogP contribution in [0.25, 0.3) is 0 Å². The molecule has 2 rings (SSSR count). The summed E-state index contributed by atoms with van der Waals surface area (Å²) in [6.07, 6.45) is 2.42. The van der Waals surface area contributed by atoms with Crippen molar-refractivity contribution >= 4 is 0 Å². The molecule has 1 saturated heterocycles. The van der Waals surface area contributed by atoms with E-state index in [4.69, 9.17) is 4.74 Å². The van der Waals surface area contributed by atoms with Crippen LogP contribution in [-0.4, -0.2) is 43.3 Å². The van der Waals surface area contributed by atoms with Gasteiger partial charge in [0.05, 0.1) is 7.11 Å². The molecule has 1 aliphatic heterocycles. The molecule has 0 bridgehead atoms. The Kier molecular flexibility index (Phi) is 4.66. The van der Waals surface area contributed by atoms with Crippen molar-refractivity contribution in [3.8, 4) is 11.5 Å². The van der Waals surface area contributed by atoms with Crippen LogP contribution < -0.4 is 10.1 Å². The third kappa shape index (κ3) is 3.19. The van der Waals surface area contributed by atoms with E-state index in [9.17, 15) is 5.11 Å². The Balaban J connectivity index is 2.16. The average Bonchev–Trinajstić information content (AvgIpc) is 2.47. The lowest BCUT2D eigenvalue weighted by Gasteiger charge is -2.37. The molecule has 0 radical (unpaired) electrons. The lowest BCUT2D eigenvalue weighted by molar-refractivity contribution is 0.147. The lowest BCUT2D eigenvalue weighted by Crippen LogP contribution is -2.45. The summed E-state index contributed by atoms with van der Waals surface area (Å²) < 4.78 is 5.25. The van der Waals surface area contributed by atoms with Crippen LogP contribution >= 0.6 is 0 Å². The number of rotatable bonds is 4. The second kappa shape index (κ2) is 6.26. The van der Waals surface area contributed by atoms with Gasteiger partial charge in [0.1, 0.15) is 11.5 Å². The Bertz CT molecular complexity index is 423. The number of phenolic OH excluding ortho intramolecular Hbond substituents is 1. The molecule has 1 aromatic carbocycles. The number of likely N-dealkylation sites (tertiary alicyclic amines) is 1. The van der Waals surface area contributed by atoms with E-state index < -0.39 is 0 Å². The Hall–Kier alpha value is -1.26. The van der Waals surface area contributed by atoms with Gasteiger partial charge in [-0.3, -0.25) is 4.90 Å². The van der Waals surface area contributed by atoms with Gasteiger partial charge in [0.25, 0.3) is 0 Å². The van der Waals surface area contributed by atoms with Crippen LogP contribution in [0.4, 0.5) is 0 Å². The molecular weight excluding hydrogens is 240 g/mol. The fourth-order valence-corrected chi connectivity index (χ4v) is 2.78. The summed E-state index contributed by atoms with van der Waals surface area (Å²) >= 11 is 0. The number of hydrogen-bond donors (Lipinski definition) is 2. The molecule has 1 aromatic rings. The SMILES string of the molecule is CNC1CCCN(C(C)c2cc(OC)ccc2O)C1. The number of nitrogens with zero attached hydrogens (tertiary/aromatic N) is 1. The number of hydrogen-bond acceptors (Lipinski definition) is 4. The molecule has 4 nitrogen and oxygen atoms in total. The van der Waals surface area contributed by atoms with Crippen molar-refractivity contribution in [1.82, 2.24) is 10.2 Å². The second-order valence-corrected chi connectivity index (χ2v) is 5.22. The highest BCUT2D eigenvalue weighted by molar-refractivity contribution is 5.41. The van der Waals surface area contributed by atoms with Crippen LogP contribution in [-0.2, 0) is 0 Å². The Morgan fingerprint density at radius 3 is 2.95 bits per heavy atom. The molecule has 1 aliphatic rings. The molecule has 2 atom stereocenters. The predicted octanol–water partition coefficient (Wildman–Crippen LogP) is 2.15. The molecule has 1 heterocycles. The molecular formula is C15H24N2O2. The molecule has 0 amide bonds. The highest BCUT2D eigenvalue weighted by Crippen LogP contribution is 2.33. The summed E-state index contributed by atoms with van der Waals surface area (Å²) in [7, 11) is 3.67. The molecule has 19 heavy (non-hydrogen) atoms. The van der Waals surface area contributed by atoms with Gasteiger partial charge in [0.2, 0.25) is 0 Å². The van der Waals surface area contributed by atoms with E-state index in [0.29, 0.717) is 11.8 Å². The molecule has 0 spiro atoms. The third-order valence-corrected chi connectivity index (χ3v) is 4.09. The minimum absolute atomic E-state index is 0.200. The first-order valence-corrected chi connectivity index (χ1v) is 6.94. The van der Waals surface area contributed by atoms with Gasteiger partial charge < -0.3 is 15.2 Å². The van der Waals surface area contributed by atoms with E-state index >= 15 is 0 Å². The van der Waals surface area contributed by atoms with Crippen molar-refractivity contribution in [3.05, 3.63) is 23.8 Å². The topological polar surface area (TPSA) is 44.7 Å². The van der Waals surface area contributed by atoms with E-state index in [2.05, 4.69) is 17.1 Å². The monoisotopic (exact) mass is 264 g/mol. The maximum absolute atomic E-state index is 10.1. The first-order chi connectivity index (χ1) is 9.15. The molecule has 1 fully saturated rings. The van der Waals surface area contributed by atoms with Crippen LogP contribution in [0.5, 0.6) is 11.5 Å². The Morgan fingerprint density at radius 1 is 1.47 bits per heavy atom. The third-order valence-electron chi connectivity index (χ3n) is 4.09. The number of aromatic hydroxyl groups is 1. The zero-order valence-electron chi connectivity index (χ0n) is 12.0. The number of likely N-dealkylation sites (N-methyl/N-ethyl adjacent to an activating group) is 1. The van der Waals surface area contributed by atoms with Gasteiger partial charge >= 0.3 is 0 Å². The summed E-state index contributed by atoms with van der Waals surface area (Å²) in [5.41, 5.74) is 0.941. The van der Waals surface area contributed by atoms with E-state index in [-0.39, 0.29) is 6.04 Å². The predicted molar refractivity (Wildman–Crippen MR) is 76.7 cm³/mol. The van der Waals surface area contributed by atoms with Gasteiger partial charge in [-0.25, -0.2) is 0 Å². The van der Waals surface area contributed by atoms with E-state index in [1.54, 1.807) is 19.2 Å². The zero-order valence-corrected chi connectivity index (χ0v) is 12.0. The Morgan fingerprint density at radius 2 is 2.26 bits per heavy atom. The molecule has 2 unspecified atom stereocenters. The first kappa shape index (κ1) is 14.2. The molecule has 106 valence electrons. The highest BCUT2D eigenvalue weighted by Gasteiger charge is 2.25. The van der Waals surface area contributed by atoms with Crippen molar-refractivity contribution in [1.29, 1.82) is 0 Å². The maximum atomic E-state index is 10.1. The molecule has 4 heteroatoms. The number of nitrogens with one attached hydrogen (secondary N) is 1.